The number of carbonyl (C=O) groups is 5. The molecule has 10 N–H and O–H groups in total. The van der Waals surface area contributed by atoms with Crippen LogP contribution in [0.4, 0.5) is 0 Å². The lowest BCUT2D eigenvalue weighted by atomic mass is 9.96. The van der Waals surface area contributed by atoms with Gasteiger partial charge in [0.15, 0.2) is 6.29 Å². The summed E-state index contributed by atoms with van der Waals surface area (Å²) in [6, 6.07) is -3.65. The number of nitrogens with two attached hydrogens (primary N) is 3. The predicted octanol–water partition coefficient (Wildman–Crippen LogP) is -3.87. The van der Waals surface area contributed by atoms with Crippen molar-refractivity contribution >= 4 is 29.7 Å². The zero-order valence-corrected chi connectivity index (χ0v) is 21.6. The highest BCUT2D eigenvalue weighted by Crippen LogP contribution is 2.25. The minimum absolute atomic E-state index is 0.0405. The molecule has 1 saturated heterocycles. The van der Waals surface area contributed by atoms with E-state index in [9.17, 15) is 34.2 Å². The van der Waals surface area contributed by atoms with Gasteiger partial charge in [-0.3, -0.25) is 24.0 Å². The Bertz CT molecular complexity index is 843. The summed E-state index contributed by atoms with van der Waals surface area (Å²) in [5, 5.41) is 32.9. The van der Waals surface area contributed by atoms with Gasteiger partial charge in [0.2, 0.25) is 17.7 Å². The first-order valence-electron chi connectivity index (χ1n) is 12.1. The van der Waals surface area contributed by atoms with Crippen molar-refractivity contribution in [2.45, 2.75) is 88.9 Å². The van der Waals surface area contributed by atoms with E-state index >= 15 is 0 Å². The molecular formula is C22H39N5O11. The largest absolute Gasteiger partial charge is 0.481 e. The first-order valence-corrected chi connectivity index (χ1v) is 12.1. The first kappa shape index (κ1) is 33.1. The molecule has 0 bridgehead atoms. The maximum Gasteiger partial charge on any atom is 0.307 e. The maximum atomic E-state index is 12.8. The molecule has 1 aliphatic heterocycles. The van der Waals surface area contributed by atoms with Crippen LogP contribution in [-0.2, 0) is 38.2 Å². The number of hydrogen-bond acceptors (Lipinski definition) is 12. The lowest BCUT2D eigenvalue weighted by Gasteiger charge is -2.44. The normalized spacial score (nSPS) is 25.5. The highest BCUT2D eigenvalue weighted by Gasteiger charge is 2.47. The Morgan fingerprint density at radius 1 is 1.13 bits per heavy atom. The molecule has 0 saturated carbocycles. The third kappa shape index (κ3) is 10.1. The summed E-state index contributed by atoms with van der Waals surface area (Å²) in [5.74, 6) is -4.09. The SMILES string of the molecule is CC(=O)N[C@@H]1[C@@H](OC(C)CN(C(=O)[C@H](C)N)[C@H](CCC(=O)O)C(N)=O)[C@H](O)[C@@H](COC(=O)CCN)O[C@@H]1O. The van der Waals surface area contributed by atoms with Gasteiger partial charge in [-0.05, 0) is 20.3 Å². The fourth-order valence-electron chi connectivity index (χ4n) is 3.92. The average molecular weight is 550 g/mol. The average Bonchev–Trinajstić information content (AvgIpc) is 2.80. The van der Waals surface area contributed by atoms with Crippen molar-refractivity contribution in [1.29, 1.82) is 0 Å². The van der Waals surface area contributed by atoms with E-state index in [0.29, 0.717) is 0 Å². The van der Waals surface area contributed by atoms with E-state index < -0.39 is 91.5 Å². The van der Waals surface area contributed by atoms with E-state index in [0.717, 1.165) is 4.90 Å². The van der Waals surface area contributed by atoms with Gasteiger partial charge in [0.1, 0.15) is 37.0 Å². The second-order valence-corrected chi connectivity index (χ2v) is 9.04. The van der Waals surface area contributed by atoms with Crippen LogP contribution in [0.25, 0.3) is 0 Å². The molecule has 8 atom stereocenters. The molecule has 218 valence electrons. The lowest BCUT2D eigenvalue weighted by Crippen LogP contribution is -2.65. The van der Waals surface area contributed by atoms with Crippen LogP contribution in [0.1, 0.15) is 40.0 Å². The van der Waals surface area contributed by atoms with Crippen LogP contribution in [-0.4, -0.2) is 118 Å². The number of carboxylic acid groups (broad SMARTS) is 1. The smallest absolute Gasteiger partial charge is 0.307 e. The first-order chi connectivity index (χ1) is 17.7. The van der Waals surface area contributed by atoms with E-state index in [1.165, 1.54) is 20.8 Å². The van der Waals surface area contributed by atoms with Crippen molar-refractivity contribution < 1.29 is 53.5 Å². The Balaban J connectivity index is 3.17. The Kier molecular flexibility index (Phi) is 13.5. The van der Waals surface area contributed by atoms with Crippen LogP contribution in [0, 0.1) is 0 Å². The van der Waals surface area contributed by atoms with Gasteiger partial charge in [-0.25, -0.2) is 0 Å². The molecule has 0 radical (unpaired) electrons. The number of nitrogens with one attached hydrogen (secondary N) is 1. The van der Waals surface area contributed by atoms with Gasteiger partial charge < -0.3 is 56.9 Å². The van der Waals surface area contributed by atoms with E-state index in [4.69, 9.17) is 36.5 Å². The van der Waals surface area contributed by atoms with Crippen molar-refractivity contribution in [2.24, 2.45) is 17.2 Å². The molecule has 3 amide bonds. The molecule has 0 aromatic heterocycles. The molecular weight excluding hydrogens is 510 g/mol. The van der Waals surface area contributed by atoms with E-state index in [-0.39, 0.29) is 25.9 Å². The van der Waals surface area contributed by atoms with Gasteiger partial charge in [0, 0.05) is 26.4 Å². The zero-order chi connectivity index (χ0) is 29.2. The Morgan fingerprint density at radius 3 is 2.26 bits per heavy atom. The summed E-state index contributed by atoms with van der Waals surface area (Å²) in [4.78, 5) is 60.4. The standard InChI is InChI=1S/C22H39N5O11/c1-10(8-27(21(34)11(2)24)13(20(25)33)4-5-15(29)30)37-19-17(26-12(3)28)22(35)38-14(18(19)32)9-36-16(31)6-7-23/h10-11,13-14,17-19,22,32,35H,4-9,23-24H2,1-3H3,(H2,25,33)(H,26,28)(H,29,30)/t10?,11-,13+,14+,17+,18+,19+,22-/m0/s1. The molecule has 1 aliphatic rings. The molecule has 0 spiro atoms. The van der Waals surface area contributed by atoms with Crippen molar-refractivity contribution in [3.8, 4) is 0 Å². The van der Waals surface area contributed by atoms with Gasteiger partial charge in [0.05, 0.1) is 18.6 Å². The molecule has 0 aliphatic carbocycles. The minimum atomic E-state index is -1.67. The lowest BCUT2D eigenvalue weighted by molar-refractivity contribution is -0.269. The molecule has 16 heteroatoms. The quantitative estimate of drug-likeness (QED) is 0.0965. The highest BCUT2D eigenvalue weighted by atomic mass is 16.6. The number of rotatable bonds is 15. The number of amides is 3. The molecule has 1 fully saturated rings. The van der Waals surface area contributed by atoms with E-state index in [1.807, 2.05) is 0 Å². The second kappa shape index (κ2) is 15.5. The van der Waals surface area contributed by atoms with Crippen molar-refractivity contribution in [3.05, 3.63) is 0 Å². The van der Waals surface area contributed by atoms with Crippen molar-refractivity contribution in [1.82, 2.24) is 10.2 Å². The number of carbonyl (C=O) groups excluding carboxylic acids is 4. The number of aliphatic hydroxyl groups is 2. The Morgan fingerprint density at radius 2 is 1.76 bits per heavy atom. The van der Waals surface area contributed by atoms with Gasteiger partial charge >= 0.3 is 11.9 Å². The summed E-state index contributed by atoms with van der Waals surface area (Å²) in [5.41, 5.74) is 16.5. The number of ether oxygens (including phenoxy) is 3. The molecule has 38 heavy (non-hydrogen) atoms. The van der Waals surface area contributed by atoms with Gasteiger partial charge in [0.25, 0.3) is 0 Å². The molecule has 1 unspecified atom stereocenters. The summed E-state index contributed by atoms with van der Waals surface area (Å²) >= 11 is 0. The third-order valence-electron chi connectivity index (χ3n) is 5.67. The Hall–Kier alpha value is -2.89. The van der Waals surface area contributed by atoms with Crippen molar-refractivity contribution in [3.63, 3.8) is 0 Å². The molecule has 1 rings (SSSR count). The number of primary amides is 1. The number of esters is 1. The topological polar surface area (TPSA) is 267 Å². The number of carboxylic acids is 1. The second-order valence-electron chi connectivity index (χ2n) is 9.04. The number of aliphatic hydroxyl groups excluding tert-OH is 2. The minimum Gasteiger partial charge on any atom is -0.481 e. The van der Waals surface area contributed by atoms with Gasteiger partial charge in [-0.15, -0.1) is 0 Å². The number of aliphatic carboxylic acids is 1. The third-order valence-corrected chi connectivity index (χ3v) is 5.67. The molecule has 1 heterocycles. The van der Waals surface area contributed by atoms with Crippen LogP contribution in [0.2, 0.25) is 0 Å². The van der Waals surface area contributed by atoms with Gasteiger partial charge in [-0.1, -0.05) is 0 Å². The zero-order valence-electron chi connectivity index (χ0n) is 21.6. The molecule has 16 nitrogen and oxygen atoms in total. The van der Waals surface area contributed by atoms with E-state index in [1.54, 1.807) is 0 Å². The predicted molar refractivity (Wildman–Crippen MR) is 129 cm³/mol. The van der Waals surface area contributed by atoms with E-state index in [2.05, 4.69) is 5.32 Å². The van der Waals surface area contributed by atoms with Crippen LogP contribution in [0.5, 0.6) is 0 Å². The highest BCUT2D eigenvalue weighted by molar-refractivity contribution is 5.89. The summed E-state index contributed by atoms with van der Waals surface area (Å²) in [6.45, 7) is 3.30. The molecule has 0 aromatic carbocycles. The van der Waals surface area contributed by atoms with Gasteiger partial charge in [-0.2, -0.15) is 0 Å². The Labute approximate surface area is 219 Å². The van der Waals surface area contributed by atoms with Crippen LogP contribution < -0.4 is 22.5 Å². The number of nitrogens with zero attached hydrogens (tertiary/aromatic N) is 1. The van der Waals surface area contributed by atoms with Crippen LogP contribution >= 0.6 is 0 Å². The summed E-state index contributed by atoms with van der Waals surface area (Å²) in [6.07, 6.45) is -7.55. The fourth-order valence-corrected chi connectivity index (χ4v) is 3.92. The summed E-state index contributed by atoms with van der Waals surface area (Å²) < 4.78 is 16.3. The van der Waals surface area contributed by atoms with Crippen LogP contribution in [0.3, 0.4) is 0 Å². The fraction of sp³-hybridized carbons (Fsp3) is 0.773. The van der Waals surface area contributed by atoms with Crippen LogP contribution in [0.15, 0.2) is 0 Å². The van der Waals surface area contributed by atoms with Crippen molar-refractivity contribution in [2.75, 3.05) is 19.7 Å². The molecule has 0 aromatic rings. The monoisotopic (exact) mass is 549 g/mol. The number of hydrogen-bond donors (Lipinski definition) is 7. The maximum absolute atomic E-state index is 12.8. The summed E-state index contributed by atoms with van der Waals surface area (Å²) in [7, 11) is 0.